The minimum atomic E-state index is -0.775. The first-order valence-electron chi connectivity index (χ1n) is 6.83. The predicted octanol–water partition coefficient (Wildman–Crippen LogP) is 2.08. The lowest BCUT2D eigenvalue weighted by atomic mass is 9.92. The maximum absolute atomic E-state index is 14.0. The van der Waals surface area contributed by atoms with Gasteiger partial charge in [-0.3, -0.25) is 14.9 Å². The number of nitro benzene ring substituents is 1. The summed E-state index contributed by atoms with van der Waals surface area (Å²) in [5.74, 6) is -1.51. The van der Waals surface area contributed by atoms with Crippen molar-refractivity contribution in [3.63, 3.8) is 0 Å². The fraction of sp³-hybridized carbons (Fsp3) is 0.500. The number of carbonyl (C=O) groups is 1. The largest absolute Gasteiger partial charge is 0.391 e. The molecular formula is C14H17FN2O4. The number of aryl methyl sites for hydroxylation is 1. The molecule has 0 spiro atoms. The first-order chi connectivity index (χ1) is 9.90. The number of non-ortho nitro benzene ring substituents is 1. The molecule has 0 heterocycles. The highest BCUT2D eigenvalue weighted by Gasteiger charge is 2.27. The van der Waals surface area contributed by atoms with Crippen LogP contribution in [0, 0.1) is 22.9 Å². The zero-order valence-electron chi connectivity index (χ0n) is 11.6. The van der Waals surface area contributed by atoms with E-state index < -0.39 is 28.8 Å². The summed E-state index contributed by atoms with van der Waals surface area (Å²) in [6.07, 6.45) is 2.30. The lowest BCUT2D eigenvalue weighted by Crippen LogP contribution is -2.45. The van der Waals surface area contributed by atoms with E-state index in [0.29, 0.717) is 12.8 Å². The maximum atomic E-state index is 14.0. The number of benzene rings is 1. The van der Waals surface area contributed by atoms with E-state index in [0.717, 1.165) is 25.0 Å². The Morgan fingerprint density at radius 3 is 2.71 bits per heavy atom. The van der Waals surface area contributed by atoms with Crippen LogP contribution in [0.15, 0.2) is 12.1 Å². The molecule has 0 bridgehead atoms. The van der Waals surface area contributed by atoms with Crippen LogP contribution < -0.4 is 5.32 Å². The Labute approximate surface area is 121 Å². The minimum absolute atomic E-state index is 0.0403. The highest BCUT2D eigenvalue weighted by Crippen LogP contribution is 2.23. The van der Waals surface area contributed by atoms with E-state index >= 15 is 0 Å². The smallest absolute Gasteiger partial charge is 0.270 e. The van der Waals surface area contributed by atoms with E-state index in [4.69, 9.17) is 0 Å². The molecule has 0 aliphatic heterocycles. The number of nitro groups is 1. The fourth-order valence-corrected chi connectivity index (χ4v) is 2.55. The van der Waals surface area contributed by atoms with Crippen LogP contribution in [0.25, 0.3) is 0 Å². The van der Waals surface area contributed by atoms with E-state index in [9.17, 15) is 24.4 Å². The number of nitrogens with one attached hydrogen (secondary N) is 1. The average Bonchev–Trinajstić information content (AvgIpc) is 2.43. The first kappa shape index (κ1) is 15.4. The van der Waals surface area contributed by atoms with Gasteiger partial charge in [-0.1, -0.05) is 12.8 Å². The maximum Gasteiger partial charge on any atom is 0.270 e. The van der Waals surface area contributed by atoms with Crippen LogP contribution in [-0.2, 0) is 0 Å². The van der Waals surface area contributed by atoms with Crippen LogP contribution >= 0.6 is 0 Å². The summed E-state index contributed by atoms with van der Waals surface area (Å²) >= 11 is 0. The average molecular weight is 296 g/mol. The van der Waals surface area contributed by atoms with E-state index in [1.807, 2.05) is 0 Å². The number of nitrogens with zero attached hydrogens (tertiary/aromatic N) is 1. The van der Waals surface area contributed by atoms with Crippen molar-refractivity contribution in [3.8, 4) is 0 Å². The Kier molecular flexibility index (Phi) is 4.52. The summed E-state index contributed by atoms with van der Waals surface area (Å²) in [4.78, 5) is 22.2. The Bertz CT molecular complexity index is 576. The topological polar surface area (TPSA) is 92.5 Å². The highest BCUT2D eigenvalue weighted by molar-refractivity contribution is 5.95. The molecule has 21 heavy (non-hydrogen) atoms. The molecule has 1 aromatic carbocycles. The fourth-order valence-electron chi connectivity index (χ4n) is 2.55. The summed E-state index contributed by atoms with van der Waals surface area (Å²) in [6.45, 7) is 1.37. The van der Waals surface area contributed by atoms with Crippen LogP contribution in [0.1, 0.15) is 41.6 Å². The number of aliphatic hydroxyl groups is 1. The van der Waals surface area contributed by atoms with Gasteiger partial charge in [0.25, 0.3) is 11.6 Å². The summed E-state index contributed by atoms with van der Waals surface area (Å²) in [5, 5.41) is 23.2. The third-order valence-corrected chi connectivity index (χ3v) is 3.74. The Hall–Kier alpha value is -2.02. The molecule has 1 fully saturated rings. The van der Waals surface area contributed by atoms with Crippen LogP contribution in [0.2, 0.25) is 0 Å². The lowest BCUT2D eigenvalue weighted by Gasteiger charge is -2.28. The zero-order chi connectivity index (χ0) is 15.6. The summed E-state index contributed by atoms with van der Waals surface area (Å²) in [7, 11) is 0. The van der Waals surface area contributed by atoms with Crippen molar-refractivity contribution in [2.24, 2.45) is 0 Å². The van der Waals surface area contributed by atoms with Crippen molar-refractivity contribution >= 4 is 11.6 Å². The molecule has 1 amide bonds. The molecular weight excluding hydrogens is 279 g/mol. The molecule has 1 aliphatic carbocycles. The van der Waals surface area contributed by atoms with Gasteiger partial charge in [-0.25, -0.2) is 4.39 Å². The molecule has 1 aliphatic rings. The summed E-state index contributed by atoms with van der Waals surface area (Å²) in [5.41, 5.74) is -0.652. The van der Waals surface area contributed by atoms with Gasteiger partial charge in [0.2, 0.25) is 0 Å². The van der Waals surface area contributed by atoms with Crippen LogP contribution in [0.5, 0.6) is 0 Å². The standard InChI is InChI=1S/C14H17FN2O4/c1-8-6-9(17(20)21)7-10(13(8)15)14(19)16-11-4-2-3-5-12(11)18/h6-7,11-12,18H,2-5H2,1H3,(H,16,19). The van der Waals surface area contributed by atoms with E-state index in [2.05, 4.69) is 5.32 Å². The van der Waals surface area contributed by atoms with Crippen molar-refractivity contribution < 1.29 is 19.2 Å². The molecule has 2 N–H and O–H groups in total. The molecule has 0 aromatic heterocycles. The third-order valence-electron chi connectivity index (χ3n) is 3.74. The van der Waals surface area contributed by atoms with Crippen LogP contribution in [-0.4, -0.2) is 28.1 Å². The predicted molar refractivity (Wildman–Crippen MR) is 73.5 cm³/mol. The number of rotatable bonds is 3. The van der Waals surface area contributed by atoms with Gasteiger partial charge < -0.3 is 10.4 Å². The van der Waals surface area contributed by atoms with Gasteiger partial charge in [-0.2, -0.15) is 0 Å². The van der Waals surface area contributed by atoms with Crippen molar-refractivity contribution in [2.45, 2.75) is 44.8 Å². The quantitative estimate of drug-likeness (QED) is 0.659. The number of amides is 1. The first-order valence-corrected chi connectivity index (χ1v) is 6.83. The number of carbonyl (C=O) groups excluding carboxylic acids is 1. The second-order valence-corrected chi connectivity index (χ2v) is 5.31. The monoisotopic (exact) mass is 296 g/mol. The Morgan fingerprint density at radius 1 is 1.43 bits per heavy atom. The third kappa shape index (κ3) is 3.36. The van der Waals surface area contributed by atoms with Gasteiger partial charge in [-0.05, 0) is 25.3 Å². The zero-order valence-corrected chi connectivity index (χ0v) is 11.6. The highest BCUT2D eigenvalue weighted by atomic mass is 19.1. The van der Waals surface area contributed by atoms with Crippen molar-refractivity contribution in [3.05, 3.63) is 39.2 Å². The molecule has 1 aromatic rings. The molecule has 114 valence electrons. The minimum Gasteiger partial charge on any atom is -0.391 e. The SMILES string of the molecule is Cc1cc([N+](=O)[O-])cc(C(=O)NC2CCCCC2O)c1F. The molecule has 0 saturated heterocycles. The van der Waals surface area contributed by atoms with Crippen molar-refractivity contribution in [1.82, 2.24) is 5.32 Å². The molecule has 7 heteroatoms. The molecule has 0 radical (unpaired) electrons. The van der Waals surface area contributed by atoms with E-state index in [-0.39, 0.29) is 16.8 Å². The number of halogens is 1. The van der Waals surface area contributed by atoms with Crippen LogP contribution in [0.4, 0.5) is 10.1 Å². The van der Waals surface area contributed by atoms with Crippen LogP contribution in [0.3, 0.4) is 0 Å². The number of hydrogen-bond acceptors (Lipinski definition) is 4. The van der Waals surface area contributed by atoms with E-state index in [1.165, 1.54) is 6.92 Å². The summed E-state index contributed by atoms with van der Waals surface area (Å²) in [6, 6.07) is 1.57. The lowest BCUT2D eigenvalue weighted by molar-refractivity contribution is -0.385. The normalized spacial score (nSPS) is 21.9. The van der Waals surface area contributed by atoms with Gasteiger partial charge in [0.1, 0.15) is 5.82 Å². The summed E-state index contributed by atoms with van der Waals surface area (Å²) < 4.78 is 14.0. The molecule has 2 atom stereocenters. The van der Waals surface area contributed by atoms with Gasteiger partial charge >= 0.3 is 0 Å². The molecule has 2 rings (SSSR count). The van der Waals surface area contributed by atoms with Gasteiger partial charge in [0.05, 0.1) is 22.6 Å². The second kappa shape index (κ2) is 6.17. The van der Waals surface area contributed by atoms with Gasteiger partial charge in [-0.15, -0.1) is 0 Å². The van der Waals surface area contributed by atoms with Crippen molar-refractivity contribution in [2.75, 3.05) is 0 Å². The van der Waals surface area contributed by atoms with E-state index in [1.54, 1.807) is 0 Å². The van der Waals surface area contributed by atoms with Gasteiger partial charge in [0, 0.05) is 12.1 Å². The van der Waals surface area contributed by atoms with Gasteiger partial charge in [0.15, 0.2) is 0 Å². The Balaban J connectivity index is 2.24. The van der Waals surface area contributed by atoms with Crippen molar-refractivity contribution in [1.29, 1.82) is 0 Å². The number of aliphatic hydroxyl groups excluding tert-OH is 1. The molecule has 6 nitrogen and oxygen atoms in total. The number of hydrogen-bond donors (Lipinski definition) is 2. The molecule has 2 unspecified atom stereocenters. The second-order valence-electron chi connectivity index (χ2n) is 5.31. The Morgan fingerprint density at radius 2 is 2.10 bits per heavy atom. The molecule has 1 saturated carbocycles.